The number of carbonyl (C=O) groups is 2. The Morgan fingerprint density at radius 1 is 0.852 bits per heavy atom. The molecule has 5 heteroatoms. The predicted molar refractivity (Wildman–Crippen MR) is 108 cm³/mol. The molecule has 3 rings (SSSR count). The maximum absolute atomic E-state index is 12.3. The first kappa shape index (κ1) is 18.3. The normalized spacial score (nSPS) is 10.3. The summed E-state index contributed by atoms with van der Waals surface area (Å²) in [5, 5.41) is 6.03. The lowest BCUT2D eigenvalue weighted by molar-refractivity contribution is 0.101. The molecule has 1 amide bonds. The fourth-order valence-corrected chi connectivity index (χ4v) is 2.58. The van der Waals surface area contributed by atoms with Crippen LogP contribution in [0, 0.1) is 0 Å². The van der Waals surface area contributed by atoms with Crippen LogP contribution in [0.1, 0.15) is 40.3 Å². The Morgan fingerprint density at radius 2 is 1.48 bits per heavy atom. The van der Waals surface area contributed by atoms with Crippen LogP contribution < -0.4 is 10.6 Å². The van der Waals surface area contributed by atoms with Gasteiger partial charge in [0.1, 0.15) is 5.69 Å². The number of nitrogens with one attached hydrogen (secondary N) is 2. The highest BCUT2D eigenvalue weighted by Gasteiger charge is 2.08. The number of ketones is 1. The van der Waals surface area contributed by atoms with Gasteiger partial charge < -0.3 is 10.6 Å². The van der Waals surface area contributed by atoms with E-state index in [1.807, 2.05) is 36.4 Å². The summed E-state index contributed by atoms with van der Waals surface area (Å²) in [7, 11) is 0. The molecule has 0 radical (unpaired) electrons. The summed E-state index contributed by atoms with van der Waals surface area (Å²) in [6.07, 6.45) is 2.57. The van der Waals surface area contributed by atoms with Crippen molar-refractivity contribution in [2.45, 2.75) is 20.3 Å². The first-order valence-electron chi connectivity index (χ1n) is 8.79. The monoisotopic (exact) mass is 359 g/mol. The van der Waals surface area contributed by atoms with Crippen molar-refractivity contribution in [3.8, 4) is 0 Å². The van der Waals surface area contributed by atoms with Gasteiger partial charge in [-0.1, -0.05) is 19.1 Å². The zero-order valence-corrected chi connectivity index (χ0v) is 15.3. The molecular weight excluding hydrogens is 338 g/mol. The van der Waals surface area contributed by atoms with Gasteiger partial charge in [-0.3, -0.25) is 9.59 Å². The minimum atomic E-state index is -0.253. The van der Waals surface area contributed by atoms with Gasteiger partial charge in [-0.2, -0.15) is 0 Å². The van der Waals surface area contributed by atoms with Gasteiger partial charge in [0, 0.05) is 16.9 Å². The van der Waals surface area contributed by atoms with Crippen LogP contribution in [0.25, 0.3) is 0 Å². The van der Waals surface area contributed by atoms with Crippen molar-refractivity contribution in [1.82, 2.24) is 4.98 Å². The van der Waals surface area contributed by atoms with E-state index in [-0.39, 0.29) is 11.7 Å². The summed E-state index contributed by atoms with van der Waals surface area (Å²) in [4.78, 5) is 27.8. The Labute approximate surface area is 158 Å². The lowest BCUT2D eigenvalue weighted by Crippen LogP contribution is -2.13. The molecule has 0 saturated heterocycles. The minimum Gasteiger partial charge on any atom is -0.354 e. The average Bonchev–Trinajstić information content (AvgIpc) is 2.69. The van der Waals surface area contributed by atoms with Crippen molar-refractivity contribution in [1.29, 1.82) is 0 Å². The van der Waals surface area contributed by atoms with E-state index in [9.17, 15) is 9.59 Å². The Morgan fingerprint density at radius 3 is 2.04 bits per heavy atom. The third kappa shape index (κ3) is 4.79. The number of pyridine rings is 1. The molecular formula is C22H21N3O2. The molecule has 0 spiro atoms. The van der Waals surface area contributed by atoms with Gasteiger partial charge in [-0.25, -0.2) is 4.98 Å². The lowest BCUT2D eigenvalue weighted by Gasteiger charge is -2.08. The summed E-state index contributed by atoms with van der Waals surface area (Å²) in [5.41, 5.74) is 4.57. The van der Waals surface area contributed by atoms with Crippen molar-refractivity contribution in [3.05, 3.63) is 83.7 Å². The summed E-state index contributed by atoms with van der Waals surface area (Å²) < 4.78 is 0. The molecule has 27 heavy (non-hydrogen) atoms. The summed E-state index contributed by atoms with van der Waals surface area (Å²) in [6, 6.07) is 18.4. The molecule has 0 unspecified atom stereocenters. The Hall–Kier alpha value is -3.47. The van der Waals surface area contributed by atoms with Crippen LogP contribution >= 0.6 is 0 Å². The molecule has 1 heterocycles. The van der Waals surface area contributed by atoms with E-state index in [0.29, 0.717) is 11.3 Å². The van der Waals surface area contributed by atoms with Crippen LogP contribution in [0.4, 0.5) is 17.1 Å². The Bertz CT molecular complexity index is 931. The number of amides is 1. The standard InChI is InChI=1S/C22H21N3O2/c1-3-16-4-8-19(9-5-16)25-22(27)21-13-12-20(14-23-21)24-18-10-6-17(7-11-18)15(2)26/h4-14,24H,3H2,1-2H3,(H,25,27). The maximum atomic E-state index is 12.3. The highest BCUT2D eigenvalue weighted by molar-refractivity contribution is 6.03. The molecule has 0 bridgehead atoms. The second-order valence-electron chi connectivity index (χ2n) is 6.20. The molecule has 0 fully saturated rings. The first-order chi connectivity index (χ1) is 13.0. The molecule has 3 aromatic rings. The quantitative estimate of drug-likeness (QED) is 0.618. The van der Waals surface area contributed by atoms with Crippen LogP contribution in [0.3, 0.4) is 0 Å². The van der Waals surface area contributed by atoms with Gasteiger partial charge in [0.2, 0.25) is 0 Å². The van der Waals surface area contributed by atoms with E-state index < -0.39 is 0 Å². The second kappa shape index (κ2) is 8.27. The molecule has 1 aromatic heterocycles. The number of Topliss-reactive ketones (excluding diaryl/α,β-unsaturated/α-hetero) is 1. The first-order valence-corrected chi connectivity index (χ1v) is 8.79. The van der Waals surface area contributed by atoms with E-state index in [0.717, 1.165) is 23.5 Å². The zero-order valence-electron chi connectivity index (χ0n) is 15.3. The predicted octanol–water partition coefficient (Wildman–Crippen LogP) is 4.84. The molecule has 136 valence electrons. The van der Waals surface area contributed by atoms with Gasteiger partial charge in [0.25, 0.3) is 5.91 Å². The highest BCUT2D eigenvalue weighted by Crippen LogP contribution is 2.17. The fourth-order valence-electron chi connectivity index (χ4n) is 2.58. The largest absolute Gasteiger partial charge is 0.354 e. The molecule has 0 aliphatic carbocycles. The number of hydrogen-bond donors (Lipinski definition) is 2. The van der Waals surface area contributed by atoms with Gasteiger partial charge >= 0.3 is 0 Å². The van der Waals surface area contributed by atoms with Gasteiger partial charge in [0.15, 0.2) is 5.78 Å². The minimum absolute atomic E-state index is 0.0305. The summed E-state index contributed by atoms with van der Waals surface area (Å²) >= 11 is 0. The number of nitrogens with zero attached hydrogens (tertiary/aromatic N) is 1. The number of benzene rings is 2. The van der Waals surface area contributed by atoms with Crippen molar-refractivity contribution in [2.75, 3.05) is 10.6 Å². The van der Waals surface area contributed by atoms with Crippen molar-refractivity contribution in [2.24, 2.45) is 0 Å². The SMILES string of the molecule is CCc1ccc(NC(=O)c2ccc(Nc3ccc(C(C)=O)cc3)cn2)cc1. The third-order valence-corrected chi connectivity index (χ3v) is 4.20. The lowest BCUT2D eigenvalue weighted by atomic mass is 10.1. The second-order valence-corrected chi connectivity index (χ2v) is 6.20. The fraction of sp³-hybridized carbons (Fsp3) is 0.136. The number of carbonyl (C=O) groups excluding carboxylic acids is 2. The molecule has 2 aromatic carbocycles. The van der Waals surface area contributed by atoms with Crippen LogP contribution in [0.15, 0.2) is 66.9 Å². The molecule has 0 aliphatic heterocycles. The average molecular weight is 359 g/mol. The van der Waals surface area contributed by atoms with Crippen LogP contribution in [0.2, 0.25) is 0 Å². The van der Waals surface area contributed by atoms with E-state index in [1.165, 1.54) is 12.5 Å². The summed E-state index contributed by atoms with van der Waals surface area (Å²) in [6.45, 7) is 3.62. The van der Waals surface area contributed by atoms with Crippen LogP contribution in [-0.4, -0.2) is 16.7 Å². The van der Waals surface area contributed by atoms with Crippen LogP contribution in [0.5, 0.6) is 0 Å². The van der Waals surface area contributed by atoms with Crippen LogP contribution in [-0.2, 0) is 6.42 Å². The number of aromatic nitrogens is 1. The highest BCUT2D eigenvalue weighted by atomic mass is 16.2. The van der Waals surface area contributed by atoms with E-state index in [1.54, 1.807) is 30.5 Å². The number of rotatable bonds is 6. The van der Waals surface area contributed by atoms with E-state index >= 15 is 0 Å². The molecule has 0 aliphatic rings. The van der Waals surface area contributed by atoms with Crippen molar-refractivity contribution in [3.63, 3.8) is 0 Å². The topological polar surface area (TPSA) is 71.1 Å². The Balaban J connectivity index is 1.63. The number of anilines is 3. The van der Waals surface area contributed by atoms with Gasteiger partial charge in [-0.05, 0) is 67.4 Å². The van der Waals surface area contributed by atoms with Crippen molar-refractivity contribution < 1.29 is 9.59 Å². The van der Waals surface area contributed by atoms with E-state index in [4.69, 9.17) is 0 Å². The Kier molecular flexibility index (Phi) is 5.61. The number of hydrogen-bond acceptors (Lipinski definition) is 4. The molecule has 5 nitrogen and oxygen atoms in total. The molecule has 0 atom stereocenters. The number of aryl methyl sites for hydroxylation is 1. The maximum Gasteiger partial charge on any atom is 0.274 e. The molecule has 0 saturated carbocycles. The van der Waals surface area contributed by atoms with E-state index in [2.05, 4.69) is 22.5 Å². The zero-order chi connectivity index (χ0) is 19.2. The van der Waals surface area contributed by atoms with Crippen molar-refractivity contribution >= 4 is 28.8 Å². The third-order valence-electron chi connectivity index (χ3n) is 4.20. The van der Waals surface area contributed by atoms with Gasteiger partial charge in [-0.15, -0.1) is 0 Å². The molecule has 2 N–H and O–H groups in total. The van der Waals surface area contributed by atoms with Gasteiger partial charge in [0.05, 0.1) is 11.9 Å². The summed E-state index contributed by atoms with van der Waals surface area (Å²) in [5.74, 6) is -0.223. The smallest absolute Gasteiger partial charge is 0.274 e.